The number of nitrogens with zero attached hydrogens (tertiary/aromatic N) is 2. The predicted molar refractivity (Wildman–Crippen MR) is 65.4 cm³/mol. The van der Waals surface area contributed by atoms with Crippen molar-refractivity contribution in [2.45, 2.75) is 33.9 Å². The monoisotopic (exact) mass is 225 g/mol. The molecule has 0 aliphatic heterocycles. The summed E-state index contributed by atoms with van der Waals surface area (Å²) in [7, 11) is 1.72. The van der Waals surface area contributed by atoms with Gasteiger partial charge in [0.15, 0.2) is 0 Å². The second-order valence-electron chi connectivity index (χ2n) is 4.47. The van der Waals surface area contributed by atoms with Gasteiger partial charge in [0.25, 0.3) is 0 Å². The molecule has 1 aromatic rings. The largest absolute Gasteiger partial charge is 0.383 e. The zero-order chi connectivity index (χ0) is 12.0. The molecule has 0 saturated carbocycles. The molecule has 92 valence electrons. The van der Waals surface area contributed by atoms with Crippen LogP contribution in [0.2, 0.25) is 0 Å². The molecule has 0 amide bonds. The van der Waals surface area contributed by atoms with E-state index in [0.717, 1.165) is 32.1 Å². The van der Waals surface area contributed by atoms with Crippen LogP contribution in [0.15, 0.2) is 6.20 Å². The first-order valence-corrected chi connectivity index (χ1v) is 5.85. The number of hydrogen-bond acceptors (Lipinski definition) is 3. The summed E-state index contributed by atoms with van der Waals surface area (Å²) in [5.41, 5.74) is 1.25. The Labute approximate surface area is 98.0 Å². The van der Waals surface area contributed by atoms with Crippen LogP contribution in [0.1, 0.15) is 25.4 Å². The summed E-state index contributed by atoms with van der Waals surface area (Å²) in [5.74, 6) is 1.74. The molecule has 0 spiro atoms. The molecule has 0 unspecified atom stereocenters. The van der Waals surface area contributed by atoms with Crippen LogP contribution in [0.25, 0.3) is 0 Å². The molecule has 1 N–H and O–H groups in total. The molecule has 1 rings (SSSR count). The first-order chi connectivity index (χ1) is 7.65. The van der Waals surface area contributed by atoms with E-state index in [1.54, 1.807) is 7.11 Å². The third-order valence-electron chi connectivity index (χ3n) is 2.47. The van der Waals surface area contributed by atoms with Gasteiger partial charge in [-0.15, -0.1) is 0 Å². The number of aromatic nitrogens is 2. The van der Waals surface area contributed by atoms with Crippen LogP contribution in [0.4, 0.5) is 0 Å². The van der Waals surface area contributed by atoms with Gasteiger partial charge >= 0.3 is 0 Å². The molecule has 16 heavy (non-hydrogen) atoms. The van der Waals surface area contributed by atoms with E-state index in [2.05, 4.69) is 35.6 Å². The van der Waals surface area contributed by atoms with Crippen LogP contribution in [-0.4, -0.2) is 29.8 Å². The Hall–Kier alpha value is -0.870. The normalized spacial score (nSPS) is 11.3. The molecular weight excluding hydrogens is 202 g/mol. The number of nitrogens with one attached hydrogen (secondary N) is 1. The van der Waals surface area contributed by atoms with Crippen molar-refractivity contribution in [3.63, 3.8) is 0 Å². The standard InChI is InChI=1S/C12H23N3O/c1-10(2)9-15-11(3)14-8-12(15)7-13-5-6-16-4/h8,10,13H,5-7,9H2,1-4H3. The van der Waals surface area contributed by atoms with E-state index in [9.17, 15) is 0 Å². The van der Waals surface area contributed by atoms with Crippen LogP contribution in [0.5, 0.6) is 0 Å². The van der Waals surface area contributed by atoms with E-state index in [0.29, 0.717) is 5.92 Å². The molecule has 0 bridgehead atoms. The lowest BCUT2D eigenvalue weighted by Crippen LogP contribution is -2.21. The predicted octanol–water partition coefficient (Wildman–Crippen LogP) is 1.58. The van der Waals surface area contributed by atoms with Gasteiger partial charge in [-0.05, 0) is 12.8 Å². The highest BCUT2D eigenvalue weighted by molar-refractivity contribution is 5.04. The lowest BCUT2D eigenvalue weighted by atomic mass is 10.2. The molecule has 0 aliphatic rings. The summed E-state index contributed by atoms with van der Waals surface area (Å²) in [4.78, 5) is 4.36. The van der Waals surface area contributed by atoms with Gasteiger partial charge in [0, 0.05) is 32.9 Å². The summed E-state index contributed by atoms with van der Waals surface area (Å²) < 4.78 is 7.28. The minimum absolute atomic E-state index is 0.644. The van der Waals surface area contributed by atoms with Crippen LogP contribution in [-0.2, 0) is 17.8 Å². The Kier molecular flexibility index (Phi) is 5.49. The van der Waals surface area contributed by atoms with Gasteiger partial charge in [-0.25, -0.2) is 4.98 Å². The molecule has 0 atom stereocenters. The van der Waals surface area contributed by atoms with Gasteiger partial charge < -0.3 is 14.6 Å². The summed E-state index contributed by atoms with van der Waals surface area (Å²) in [6, 6.07) is 0. The molecule has 4 nitrogen and oxygen atoms in total. The topological polar surface area (TPSA) is 39.1 Å². The highest BCUT2D eigenvalue weighted by atomic mass is 16.5. The fraction of sp³-hybridized carbons (Fsp3) is 0.750. The second-order valence-corrected chi connectivity index (χ2v) is 4.47. The third kappa shape index (κ3) is 3.94. The maximum absolute atomic E-state index is 4.99. The molecule has 0 saturated heterocycles. The number of aryl methyl sites for hydroxylation is 1. The summed E-state index contributed by atoms with van der Waals surface area (Å²) in [5, 5.41) is 3.34. The maximum Gasteiger partial charge on any atom is 0.105 e. The van der Waals surface area contributed by atoms with Crippen LogP contribution in [0, 0.1) is 12.8 Å². The van der Waals surface area contributed by atoms with E-state index in [4.69, 9.17) is 4.74 Å². The first kappa shape index (κ1) is 13.2. The quantitative estimate of drug-likeness (QED) is 0.716. The van der Waals surface area contributed by atoms with Gasteiger partial charge in [-0.2, -0.15) is 0 Å². The molecule has 4 heteroatoms. The van der Waals surface area contributed by atoms with Crippen LogP contribution in [0.3, 0.4) is 0 Å². The highest BCUT2D eigenvalue weighted by Gasteiger charge is 2.07. The van der Waals surface area contributed by atoms with Crippen molar-refractivity contribution in [1.29, 1.82) is 0 Å². The highest BCUT2D eigenvalue weighted by Crippen LogP contribution is 2.08. The Morgan fingerprint density at radius 3 is 2.88 bits per heavy atom. The van der Waals surface area contributed by atoms with Crippen molar-refractivity contribution in [1.82, 2.24) is 14.9 Å². The molecule has 0 fully saturated rings. The smallest absolute Gasteiger partial charge is 0.105 e. The fourth-order valence-corrected chi connectivity index (χ4v) is 1.66. The van der Waals surface area contributed by atoms with Crippen molar-refractivity contribution in [2.75, 3.05) is 20.3 Å². The summed E-state index contributed by atoms with van der Waals surface area (Å²) >= 11 is 0. The average Bonchev–Trinajstić information content (AvgIpc) is 2.56. The maximum atomic E-state index is 4.99. The minimum atomic E-state index is 0.644. The van der Waals surface area contributed by atoms with E-state index >= 15 is 0 Å². The molecule has 0 aromatic carbocycles. The van der Waals surface area contributed by atoms with Gasteiger partial charge in [-0.1, -0.05) is 13.8 Å². The van der Waals surface area contributed by atoms with Crippen molar-refractivity contribution < 1.29 is 4.74 Å². The van der Waals surface area contributed by atoms with Gasteiger partial charge in [0.05, 0.1) is 12.3 Å². The Balaban J connectivity index is 2.51. The fourth-order valence-electron chi connectivity index (χ4n) is 1.66. The van der Waals surface area contributed by atoms with E-state index in [1.165, 1.54) is 5.69 Å². The lowest BCUT2D eigenvalue weighted by Gasteiger charge is -2.13. The molecule has 0 radical (unpaired) electrons. The van der Waals surface area contributed by atoms with Gasteiger partial charge in [0.2, 0.25) is 0 Å². The number of ether oxygens (including phenoxy) is 1. The first-order valence-electron chi connectivity index (χ1n) is 5.85. The molecule has 1 heterocycles. The minimum Gasteiger partial charge on any atom is -0.383 e. The van der Waals surface area contributed by atoms with Crippen molar-refractivity contribution >= 4 is 0 Å². The van der Waals surface area contributed by atoms with E-state index in [-0.39, 0.29) is 0 Å². The Bertz CT molecular complexity index is 307. The summed E-state index contributed by atoms with van der Waals surface area (Å²) in [6.07, 6.45) is 1.96. The molecule has 0 aliphatic carbocycles. The second kappa shape index (κ2) is 6.66. The number of rotatable bonds is 7. The number of hydrogen-bond donors (Lipinski definition) is 1. The molecular formula is C12H23N3O. The zero-order valence-corrected chi connectivity index (χ0v) is 10.8. The van der Waals surface area contributed by atoms with Crippen molar-refractivity contribution in [3.8, 4) is 0 Å². The van der Waals surface area contributed by atoms with Crippen molar-refractivity contribution in [3.05, 3.63) is 17.7 Å². The Morgan fingerprint density at radius 1 is 1.50 bits per heavy atom. The number of imidazole rings is 1. The van der Waals surface area contributed by atoms with E-state index < -0.39 is 0 Å². The number of methoxy groups -OCH3 is 1. The van der Waals surface area contributed by atoms with Gasteiger partial charge in [-0.3, -0.25) is 0 Å². The average molecular weight is 225 g/mol. The van der Waals surface area contributed by atoms with Gasteiger partial charge in [0.1, 0.15) is 5.82 Å². The SMILES string of the molecule is COCCNCc1cnc(C)n1CC(C)C. The van der Waals surface area contributed by atoms with Crippen molar-refractivity contribution in [2.24, 2.45) is 5.92 Å². The van der Waals surface area contributed by atoms with Crippen LogP contribution >= 0.6 is 0 Å². The lowest BCUT2D eigenvalue weighted by molar-refractivity contribution is 0.199. The zero-order valence-electron chi connectivity index (χ0n) is 10.8. The van der Waals surface area contributed by atoms with E-state index in [1.807, 2.05) is 6.20 Å². The Morgan fingerprint density at radius 2 is 2.25 bits per heavy atom. The van der Waals surface area contributed by atoms with Crippen LogP contribution < -0.4 is 5.32 Å². The summed E-state index contributed by atoms with van der Waals surface area (Å²) in [6.45, 7) is 10.0. The molecule has 1 aromatic heterocycles. The third-order valence-corrected chi connectivity index (χ3v) is 2.47.